The number of para-hydroxylation sites is 1. The van der Waals surface area contributed by atoms with Gasteiger partial charge in [-0.25, -0.2) is 4.68 Å². The van der Waals surface area contributed by atoms with Crippen molar-refractivity contribution >= 4 is 11.5 Å². The normalized spacial score (nSPS) is 9.94. The monoisotopic (exact) mass is 213 g/mol. The summed E-state index contributed by atoms with van der Waals surface area (Å²) in [4.78, 5) is 0. The first-order valence-corrected chi connectivity index (χ1v) is 4.79. The first-order chi connectivity index (χ1) is 7.74. The summed E-state index contributed by atoms with van der Waals surface area (Å²) < 4.78 is 1.54. The van der Waals surface area contributed by atoms with Crippen LogP contribution in [0.25, 0.3) is 5.69 Å². The van der Waals surface area contributed by atoms with Crippen LogP contribution in [0.15, 0.2) is 30.3 Å². The molecule has 0 fully saturated rings. The summed E-state index contributed by atoms with van der Waals surface area (Å²) in [5, 5.41) is 12.8. The number of benzene rings is 1. The highest BCUT2D eigenvalue weighted by molar-refractivity contribution is 5.65. The van der Waals surface area contributed by atoms with Crippen molar-refractivity contribution in [3.63, 3.8) is 0 Å². The summed E-state index contributed by atoms with van der Waals surface area (Å²) in [5.74, 6) is 0.372. The molecule has 0 bridgehead atoms. The molecule has 0 saturated carbocycles. The molecule has 0 spiro atoms. The van der Waals surface area contributed by atoms with E-state index in [4.69, 9.17) is 16.7 Å². The first kappa shape index (κ1) is 10.1. The Kier molecular flexibility index (Phi) is 2.48. The average Bonchev–Trinajstić information content (AvgIpc) is 2.59. The summed E-state index contributed by atoms with van der Waals surface area (Å²) in [6.45, 7) is 0. The molecule has 0 saturated heterocycles. The van der Waals surface area contributed by atoms with Crippen molar-refractivity contribution in [1.29, 1.82) is 5.26 Å². The van der Waals surface area contributed by atoms with Gasteiger partial charge in [0.25, 0.3) is 0 Å². The van der Waals surface area contributed by atoms with E-state index >= 15 is 0 Å². The van der Waals surface area contributed by atoms with E-state index in [9.17, 15) is 0 Å². The molecule has 2 aromatic rings. The van der Waals surface area contributed by atoms with E-state index in [1.54, 1.807) is 4.68 Å². The lowest BCUT2D eigenvalue weighted by molar-refractivity contribution is 0.862. The highest BCUT2D eigenvalue weighted by atomic mass is 15.3. The molecule has 1 heterocycles. The molecule has 2 rings (SSSR count). The Morgan fingerprint density at radius 3 is 2.56 bits per heavy atom. The Hall–Kier alpha value is -2.48. The van der Waals surface area contributed by atoms with Gasteiger partial charge in [-0.05, 0) is 12.1 Å². The minimum Gasteiger partial charge on any atom is -0.394 e. The smallest absolute Gasteiger partial charge is 0.150 e. The summed E-state index contributed by atoms with van der Waals surface area (Å²) in [7, 11) is 0. The Bertz CT molecular complexity index is 535. The van der Waals surface area contributed by atoms with E-state index in [1.807, 2.05) is 36.4 Å². The quantitative estimate of drug-likeness (QED) is 0.781. The zero-order valence-corrected chi connectivity index (χ0v) is 8.59. The number of hydrogen-bond acceptors (Lipinski definition) is 4. The third-order valence-corrected chi connectivity index (χ3v) is 2.28. The summed E-state index contributed by atoms with van der Waals surface area (Å²) in [5.41, 5.74) is 13.3. The van der Waals surface area contributed by atoms with Crippen molar-refractivity contribution in [3.05, 3.63) is 36.0 Å². The minimum atomic E-state index is 0.163. The van der Waals surface area contributed by atoms with Crippen molar-refractivity contribution in [2.45, 2.75) is 6.42 Å². The van der Waals surface area contributed by atoms with Crippen LogP contribution in [-0.2, 0) is 6.42 Å². The molecular formula is C11H11N5. The molecule has 0 aliphatic rings. The Morgan fingerprint density at radius 2 is 1.94 bits per heavy atom. The molecule has 1 aromatic heterocycles. The van der Waals surface area contributed by atoms with E-state index in [1.165, 1.54) is 0 Å². The molecule has 0 aliphatic heterocycles. The van der Waals surface area contributed by atoms with Gasteiger partial charge >= 0.3 is 0 Å². The van der Waals surface area contributed by atoms with Gasteiger partial charge in [0.05, 0.1) is 23.9 Å². The molecule has 0 atom stereocenters. The number of aromatic nitrogens is 2. The van der Waals surface area contributed by atoms with Crippen LogP contribution >= 0.6 is 0 Å². The first-order valence-electron chi connectivity index (χ1n) is 4.79. The van der Waals surface area contributed by atoms with Gasteiger partial charge in [-0.2, -0.15) is 10.4 Å². The van der Waals surface area contributed by atoms with Gasteiger partial charge < -0.3 is 11.5 Å². The topological polar surface area (TPSA) is 93.6 Å². The van der Waals surface area contributed by atoms with E-state index in [0.29, 0.717) is 17.2 Å². The number of nitrogens with two attached hydrogens (primary N) is 2. The van der Waals surface area contributed by atoms with E-state index in [2.05, 4.69) is 5.10 Å². The Balaban J connectivity index is 2.52. The second kappa shape index (κ2) is 3.95. The van der Waals surface area contributed by atoms with Crippen LogP contribution in [0.2, 0.25) is 0 Å². The van der Waals surface area contributed by atoms with Crippen molar-refractivity contribution in [3.8, 4) is 11.8 Å². The van der Waals surface area contributed by atoms with Gasteiger partial charge in [-0.3, -0.25) is 0 Å². The standard InChI is InChI=1S/C11H11N5/c12-7-6-9-10(13)11(14)16(15-9)8-4-2-1-3-5-8/h1-5H,6,13-14H2. The maximum atomic E-state index is 8.62. The van der Waals surface area contributed by atoms with Crippen molar-refractivity contribution in [2.24, 2.45) is 0 Å². The minimum absolute atomic E-state index is 0.163. The van der Waals surface area contributed by atoms with Crippen LogP contribution in [0.3, 0.4) is 0 Å². The van der Waals surface area contributed by atoms with Gasteiger partial charge in [0.15, 0.2) is 5.82 Å². The summed E-state index contributed by atoms with van der Waals surface area (Å²) in [6, 6.07) is 11.4. The van der Waals surface area contributed by atoms with E-state index in [-0.39, 0.29) is 6.42 Å². The number of nitrogens with zero attached hydrogens (tertiary/aromatic N) is 3. The number of anilines is 2. The third-order valence-electron chi connectivity index (χ3n) is 2.28. The van der Waals surface area contributed by atoms with Gasteiger partial charge in [0, 0.05) is 0 Å². The number of rotatable bonds is 2. The molecule has 5 heteroatoms. The molecule has 1 aromatic carbocycles. The van der Waals surface area contributed by atoms with Gasteiger partial charge in [-0.15, -0.1) is 0 Å². The second-order valence-electron chi connectivity index (χ2n) is 3.33. The Labute approximate surface area is 92.9 Å². The second-order valence-corrected chi connectivity index (χ2v) is 3.33. The number of hydrogen-bond donors (Lipinski definition) is 2. The van der Waals surface area contributed by atoms with Crippen LogP contribution in [0.1, 0.15) is 5.69 Å². The lowest BCUT2D eigenvalue weighted by Crippen LogP contribution is -2.02. The number of nitriles is 1. The average molecular weight is 213 g/mol. The van der Waals surface area contributed by atoms with Crippen LogP contribution in [0.5, 0.6) is 0 Å². The highest BCUT2D eigenvalue weighted by Gasteiger charge is 2.12. The largest absolute Gasteiger partial charge is 0.394 e. The predicted molar refractivity (Wildman–Crippen MR) is 61.7 cm³/mol. The lowest BCUT2D eigenvalue weighted by atomic mass is 10.3. The van der Waals surface area contributed by atoms with E-state index in [0.717, 1.165) is 5.69 Å². The highest BCUT2D eigenvalue weighted by Crippen LogP contribution is 2.23. The molecule has 80 valence electrons. The molecule has 0 aliphatic carbocycles. The lowest BCUT2D eigenvalue weighted by Gasteiger charge is -2.02. The zero-order chi connectivity index (χ0) is 11.5. The van der Waals surface area contributed by atoms with Crippen LogP contribution in [-0.4, -0.2) is 9.78 Å². The molecule has 0 radical (unpaired) electrons. The van der Waals surface area contributed by atoms with Crippen LogP contribution in [0, 0.1) is 11.3 Å². The molecule has 4 N–H and O–H groups in total. The van der Waals surface area contributed by atoms with Gasteiger partial charge in [-0.1, -0.05) is 18.2 Å². The maximum Gasteiger partial charge on any atom is 0.150 e. The Morgan fingerprint density at radius 1 is 1.25 bits per heavy atom. The molecule has 0 unspecified atom stereocenters. The SMILES string of the molecule is N#CCc1nn(-c2ccccc2)c(N)c1N. The molecule has 5 nitrogen and oxygen atoms in total. The molecule has 0 amide bonds. The summed E-state index contributed by atoms with van der Waals surface area (Å²) in [6.07, 6.45) is 0.163. The van der Waals surface area contributed by atoms with E-state index < -0.39 is 0 Å². The fourth-order valence-electron chi connectivity index (χ4n) is 1.46. The van der Waals surface area contributed by atoms with Crippen molar-refractivity contribution in [2.75, 3.05) is 11.5 Å². The summed E-state index contributed by atoms with van der Waals surface area (Å²) >= 11 is 0. The van der Waals surface area contributed by atoms with Crippen molar-refractivity contribution in [1.82, 2.24) is 9.78 Å². The van der Waals surface area contributed by atoms with Crippen LogP contribution < -0.4 is 11.5 Å². The van der Waals surface area contributed by atoms with Gasteiger partial charge in [0.2, 0.25) is 0 Å². The van der Waals surface area contributed by atoms with Gasteiger partial charge in [0.1, 0.15) is 5.69 Å². The predicted octanol–water partition coefficient (Wildman–Crippen LogP) is 1.10. The van der Waals surface area contributed by atoms with Crippen molar-refractivity contribution < 1.29 is 0 Å². The maximum absolute atomic E-state index is 8.62. The zero-order valence-electron chi connectivity index (χ0n) is 8.59. The molecule has 16 heavy (non-hydrogen) atoms. The van der Waals surface area contributed by atoms with Crippen LogP contribution in [0.4, 0.5) is 11.5 Å². The molecular weight excluding hydrogens is 202 g/mol. The fourth-order valence-corrected chi connectivity index (χ4v) is 1.46. The fraction of sp³-hybridized carbons (Fsp3) is 0.0909. The third kappa shape index (κ3) is 1.57. The number of nitrogen functional groups attached to an aromatic ring is 2.